The summed E-state index contributed by atoms with van der Waals surface area (Å²) in [5.41, 5.74) is 1.51. The van der Waals surface area contributed by atoms with Gasteiger partial charge in [0.05, 0.1) is 19.3 Å². The number of carbonyl (C=O) groups excluding carboxylic acids is 1. The fourth-order valence-electron chi connectivity index (χ4n) is 3.09. The number of amides is 1. The first-order valence-electron chi connectivity index (χ1n) is 8.73. The second-order valence-corrected chi connectivity index (χ2v) is 6.37. The van der Waals surface area contributed by atoms with Gasteiger partial charge in [0.1, 0.15) is 0 Å². The molecule has 0 aliphatic heterocycles. The molecule has 0 bridgehead atoms. The summed E-state index contributed by atoms with van der Waals surface area (Å²) in [6, 6.07) is 9.00. The Kier molecular flexibility index (Phi) is 5.53. The van der Waals surface area contributed by atoms with Crippen LogP contribution in [0.4, 0.5) is 0 Å². The molecule has 1 atom stereocenters. The van der Waals surface area contributed by atoms with Gasteiger partial charge in [-0.1, -0.05) is 6.07 Å². The predicted octanol–water partition coefficient (Wildman–Crippen LogP) is 3.90. The Hall–Kier alpha value is -2.56. The molecule has 1 N–H and O–H groups in total. The van der Waals surface area contributed by atoms with Crippen LogP contribution in [0.1, 0.15) is 54.6 Å². The third-order valence-corrected chi connectivity index (χ3v) is 4.55. The van der Waals surface area contributed by atoms with E-state index in [2.05, 4.69) is 10.3 Å². The summed E-state index contributed by atoms with van der Waals surface area (Å²) in [6.45, 7) is 1.93. The van der Waals surface area contributed by atoms with Crippen LogP contribution in [0.2, 0.25) is 0 Å². The Morgan fingerprint density at radius 1 is 1.24 bits per heavy atom. The summed E-state index contributed by atoms with van der Waals surface area (Å²) in [6.07, 6.45) is 8.29. The van der Waals surface area contributed by atoms with E-state index in [1.807, 2.05) is 25.1 Å². The first-order valence-corrected chi connectivity index (χ1v) is 8.73. The van der Waals surface area contributed by atoms with E-state index in [4.69, 9.17) is 9.47 Å². The molecule has 1 fully saturated rings. The lowest BCUT2D eigenvalue weighted by atomic mass is 10.1. The summed E-state index contributed by atoms with van der Waals surface area (Å²) >= 11 is 0. The second kappa shape index (κ2) is 8.01. The molecular weight excluding hydrogens is 316 g/mol. The number of rotatable bonds is 6. The molecule has 1 aliphatic rings. The number of ether oxygens (including phenoxy) is 2. The Labute approximate surface area is 148 Å². The van der Waals surface area contributed by atoms with Crippen molar-refractivity contribution >= 4 is 5.91 Å². The van der Waals surface area contributed by atoms with Gasteiger partial charge in [0.2, 0.25) is 0 Å². The molecule has 0 unspecified atom stereocenters. The number of methoxy groups -OCH3 is 1. The van der Waals surface area contributed by atoms with Crippen molar-refractivity contribution in [2.45, 2.75) is 44.8 Å². The molecule has 0 radical (unpaired) electrons. The zero-order valence-corrected chi connectivity index (χ0v) is 14.7. The lowest BCUT2D eigenvalue weighted by Gasteiger charge is -2.17. The number of aromatic nitrogens is 1. The molecule has 3 rings (SSSR count). The topological polar surface area (TPSA) is 60.5 Å². The summed E-state index contributed by atoms with van der Waals surface area (Å²) in [7, 11) is 1.59. The van der Waals surface area contributed by atoms with E-state index in [0.717, 1.165) is 18.4 Å². The molecule has 25 heavy (non-hydrogen) atoms. The van der Waals surface area contributed by atoms with Crippen molar-refractivity contribution in [3.8, 4) is 11.5 Å². The lowest BCUT2D eigenvalue weighted by molar-refractivity contribution is 0.0939. The standard InChI is InChI=1S/C20H24N2O3/c1-14(16-6-5-11-21-13-16)22-20(23)15-9-10-18(19(12-15)24-2)25-17-7-3-4-8-17/h5-6,9-14,17H,3-4,7-8H2,1-2H3,(H,22,23)/t14-/m0/s1. The Balaban J connectivity index is 1.70. The van der Waals surface area contributed by atoms with Crippen molar-refractivity contribution < 1.29 is 14.3 Å². The molecule has 1 aromatic heterocycles. The van der Waals surface area contributed by atoms with Crippen molar-refractivity contribution in [3.63, 3.8) is 0 Å². The fraction of sp³-hybridized carbons (Fsp3) is 0.400. The quantitative estimate of drug-likeness (QED) is 0.866. The Morgan fingerprint density at radius 2 is 2.04 bits per heavy atom. The summed E-state index contributed by atoms with van der Waals surface area (Å²) < 4.78 is 11.4. The SMILES string of the molecule is COc1cc(C(=O)N[C@@H](C)c2cccnc2)ccc1OC1CCCC1. The van der Waals surface area contributed by atoms with Gasteiger partial charge in [-0.05, 0) is 62.4 Å². The van der Waals surface area contributed by atoms with Crippen molar-refractivity contribution in [1.29, 1.82) is 0 Å². The van der Waals surface area contributed by atoms with Crippen LogP contribution >= 0.6 is 0 Å². The van der Waals surface area contributed by atoms with Gasteiger partial charge in [-0.3, -0.25) is 9.78 Å². The smallest absolute Gasteiger partial charge is 0.251 e. The number of carbonyl (C=O) groups is 1. The third kappa shape index (κ3) is 4.29. The number of nitrogens with zero attached hydrogens (tertiary/aromatic N) is 1. The van der Waals surface area contributed by atoms with E-state index in [9.17, 15) is 4.79 Å². The number of hydrogen-bond acceptors (Lipinski definition) is 4. The molecule has 5 nitrogen and oxygen atoms in total. The van der Waals surface area contributed by atoms with Crippen LogP contribution in [-0.4, -0.2) is 24.1 Å². The number of benzene rings is 1. The zero-order valence-electron chi connectivity index (χ0n) is 14.7. The van der Waals surface area contributed by atoms with E-state index >= 15 is 0 Å². The van der Waals surface area contributed by atoms with Crippen LogP contribution in [0.5, 0.6) is 11.5 Å². The normalized spacial score (nSPS) is 15.6. The summed E-state index contributed by atoms with van der Waals surface area (Å²) in [4.78, 5) is 16.6. The van der Waals surface area contributed by atoms with E-state index < -0.39 is 0 Å². The molecule has 1 heterocycles. The van der Waals surface area contributed by atoms with E-state index in [1.54, 1.807) is 31.6 Å². The molecule has 1 saturated carbocycles. The average Bonchev–Trinajstić information content (AvgIpc) is 3.15. The van der Waals surface area contributed by atoms with Gasteiger partial charge < -0.3 is 14.8 Å². The van der Waals surface area contributed by atoms with Gasteiger partial charge >= 0.3 is 0 Å². The maximum Gasteiger partial charge on any atom is 0.251 e. The molecule has 2 aromatic rings. The highest BCUT2D eigenvalue weighted by Crippen LogP contribution is 2.32. The van der Waals surface area contributed by atoms with Crippen LogP contribution in [0.3, 0.4) is 0 Å². The van der Waals surface area contributed by atoms with Crippen molar-refractivity contribution in [2.24, 2.45) is 0 Å². The van der Waals surface area contributed by atoms with Crippen LogP contribution in [0.15, 0.2) is 42.7 Å². The first-order chi connectivity index (χ1) is 12.2. The monoisotopic (exact) mass is 340 g/mol. The first kappa shape index (κ1) is 17.3. The minimum atomic E-state index is -0.151. The van der Waals surface area contributed by atoms with Gasteiger partial charge in [0, 0.05) is 18.0 Å². The molecule has 1 aromatic carbocycles. The number of nitrogens with one attached hydrogen (secondary N) is 1. The second-order valence-electron chi connectivity index (χ2n) is 6.37. The highest BCUT2D eigenvalue weighted by atomic mass is 16.5. The van der Waals surface area contributed by atoms with E-state index in [0.29, 0.717) is 17.1 Å². The van der Waals surface area contributed by atoms with Crippen molar-refractivity contribution in [1.82, 2.24) is 10.3 Å². The number of pyridine rings is 1. The molecule has 1 aliphatic carbocycles. The molecule has 5 heteroatoms. The van der Waals surface area contributed by atoms with Crippen LogP contribution in [0.25, 0.3) is 0 Å². The predicted molar refractivity (Wildman–Crippen MR) is 96.0 cm³/mol. The van der Waals surface area contributed by atoms with Crippen LogP contribution in [-0.2, 0) is 0 Å². The molecular formula is C20H24N2O3. The fourth-order valence-corrected chi connectivity index (χ4v) is 3.09. The minimum absolute atomic E-state index is 0.124. The maximum absolute atomic E-state index is 12.5. The molecule has 132 valence electrons. The maximum atomic E-state index is 12.5. The van der Waals surface area contributed by atoms with Gasteiger partial charge in [-0.15, -0.1) is 0 Å². The Morgan fingerprint density at radius 3 is 2.72 bits per heavy atom. The molecule has 0 spiro atoms. The number of hydrogen-bond donors (Lipinski definition) is 1. The minimum Gasteiger partial charge on any atom is -0.493 e. The highest BCUT2D eigenvalue weighted by Gasteiger charge is 2.19. The summed E-state index contributed by atoms with van der Waals surface area (Å²) in [5, 5.41) is 2.98. The van der Waals surface area contributed by atoms with Gasteiger partial charge in [-0.2, -0.15) is 0 Å². The molecule has 1 amide bonds. The van der Waals surface area contributed by atoms with Crippen molar-refractivity contribution in [2.75, 3.05) is 7.11 Å². The lowest BCUT2D eigenvalue weighted by Crippen LogP contribution is -2.26. The Bertz CT molecular complexity index is 712. The molecule has 0 saturated heterocycles. The van der Waals surface area contributed by atoms with Crippen LogP contribution < -0.4 is 14.8 Å². The van der Waals surface area contributed by atoms with Crippen molar-refractivity contribution in [3.05, 3.63) is 53.9 Å². The highest BCUT2D eigenvalue weighted by molar-refractivity contribution is 5.95. The van der Waals surface area contributed by atoms with E-state index in [1.165, 1.54) is 12.8 Å². The van der Waals surface area contributed by atoms with E-state index in [-0.39, 0.29) is 18.1 Å². The zero-order chi connectivity index (χ0) is 17.6. The third-order valence-electron chi connectivity index (χ3n) is 4.55. The summed E-state index contributed by atoms with van der Waals surface area (Å²) in [5.74, 6) is 1.14. The average molecular weight is 340 g/mol. The van der Waals surface area contributed by atoms with Gasteiger partial charge in [-0.25, -0.2) is 0 Å². The largest absolute Gasteiger partial charge is 0.493 e. The van der Waals surface area contributed by atoms with Crippen LogP contribution in [0, 0.1) is 0 Å². The van der Waals surface area contributed by atoms with Gasteiger partial charge in [0.25, 0.3) is 5.91 Å². The van der Waals surface area contributed by atoms with Gasteiger partial charge in [0.15, 0.2) is 11.5 Å².